The van der Waals surface area contributed by atoms with Gasteiger partial charge in [0.05, 0.1) is 11.4 Å². The summed E-state index contributed by atoms with van der Waals surface area (Å²) in [6.45, 7) is -0.142. The molecule has 1 aromatic rings. The second-order valence-electron chi connectivity index (χ2n) is 4.04. The predicted octanol–water partition coefficient (Wildman–Crippen LogP) is -0.187. The number of rotatable bonds is 4. The second-order valence-corrected chi connectivity index (χ2v) is 5.18. The van der Waals surface area contributed by atoms with Crippen molar-refractivity contribution in [3.8, 4) is 0 Å². The number of carbonyl (C=O) groups excluding carboxylic acids is 2. The van der Waals surface area contributed by atoms with Gasteiger partial charge in [0.1, 0.15) is 6.10 Å². The SMILES string of the molecule is NC(=O)C(O)CNC(=O)c1cc2c(s1)CCC2. The van der Waals surface area contributed by atoms with Gasteiger partial charge in [-0.2, -0.15) is 0 Å². The Balaban J connectivity index is 1.93. The van der Waals surface area contributed by atoms with Crippen molar-refractivity contribution in [1.29, 1.82) is 0 Å². The predicted molar refractivity (Wildman–Crippen MR) is 63.9 cm³/mol. The maximum absolute atomic E-state index is 11.7. The van der Waals surface area contributed by atoms with Crippen LogP contribution in [0.4, 0.5) is 0 Å². The minimum absolute atomic E-state index is 0.142. The monoisotopic (exact) mass is 254 g/mol. The maximum Gasteiger partial charge on any atom is 0.261 e. The van der Waals surface area contributed by atoms with E-state index in [1.807, 2.05) is 6.07 Å². The molecule has 0 saturated heterocycles. The lowest BCUT2D eigenvalue weighted by atomic mass is 10.2. The number of nitrogens with two attached hydrogens (primary N) is 1. The van der Waals surface area contributed by atoms with Crippen molar-refractivity contribution < 1.29 is 14.7 Å². The minimum Gasteiger partial charge on any atom is -0.381 e. The van der Waals surface area contributed by atoms with Crippen LogP contribution >= 0.6 is 11.3 Å². The third kappa shape index (κ3) is 2.65. The Morgan fingerprint density at radius 1 is 1.53 bits per heavy atom. The summed E-state index contributed by atoms with van der Waals surface area (Å²) >= 11 is 1.48. The molecule has 1 aromatic heterocycles. The molecule has 4 N–H and O–H groups in total. The molecule has 2 amide bonds. The van der Waals surface area contributed by atoms with Crippen molar-refractivity contribution in [1.82, 2.24) is 5.32 Å². The molecular formula is C11H14N2O3S. The van der Waals surface area contributed by atoms with Crippen molar-refractivity contribution in [3.63, 3.8) is 0 Å². The van der Waals surface area contributed by atoms with E-state index in [-0.39, 0.29) is 12.5 Å². The number of fused-ring (bicyclic) bond motifs is 1. The van der Waals surface area contributed by atoms with Crippen molar-refractivity contribution in [3.05, 3.63) is 21.4 Å². The largest absolute Gasteiger partial charge is 0.381 e. The zero-order chi connectivity index (χ0) is 12.4. The van der Waals surface area contributed by atoms with Gasteiger partial charge in [-0.15, -0.1) is 11.3 Å². The summed E-state index contributed by atoms with van der Waals surface area (Å²) in [4.78, 5) is 24.2. The van der Waals surface area contributed by atoms with E-state index >= 15 is 0 Å². The Hall–Kier alpha value is -1.40. The van der Waals surface area contributed by atoms with Crippen LogP contribution in [-0.4, -0.2) is 29.6 Å². The molecule has 17 heavy (non-hydrogen) atoms. The number of hydrogen-bond donors (Lipinski definition) is 3. The van der Waals surface area contributed by atoms with Crippen LogP contribution in [0.15, 0.2) is 6.07 Å². The van der Waals surface area contributed by atoms with Gasteiger partial charge < -0.3 is 16.2 Å². The fourth-order valence-electron chi connectivity index (χ4n) is 1.82. The molecule has 5 nitrogen and oxygen atoms in total. The summed E-state index contributed by atoms with van der Waals surface area (Å²) in [6, 6.07) is 1.89. The minimum atomic E-state index is -1.33. The van der Waals surface area contributed by atoms with Crippen LogP contribution < -0.4 is 11.1 Å². The summed E-state index contributed by atoms with van der Waals surface area (Å²) in [5.41, 5.74) is 6.13. The van der Waals surface area contributed by atoms with E-state index < -0.39 is 12.0 Å². The summed E-state index contributed by atoms with van der Waals surface area (Å²) in [5, 5.41) is 11.6. The molecule has 92 valence electrons. The zero-order valence-corrected chi connectivity index (χ0v) is 10.0. The Bertz CT molecular complexity index is 434. The standard InChI is InChI=1S/C11H14N2O3S/c12-10(15)7(14)5-13-11(16)9-4-6-2-1-3-8(6)17-9/h4,7,14H,1-3,5H2,(H2,12,15)(H,13,16). The molecule has 6 heteroatoms. The number of amides is 2. The first-order chi connectivity index (χ1) is 8.08. The van der Waals surface area contributed by atoms with E-state index in [0.29, 0.717) is 4.88 Å². The molecule has 1 atom stereocenters. The molecule has 0 radical (unpaired) electrons. The number of hydrogen-bond acceptors (Lipinski definition) is 4. The van der Waals surface area contributed by atoms with Crippen molar-refractivity contribution >= 4 is 23.2 Å². The third-order valence-electron chi connectivity index (χ3n) is 2.75. The number of aliphatic hydroxyl groups is 1. The number of aliphatic hydroxyl groups excluding tert-OH is 1. The van der Waals surface area contributed by atoms with Gasteiger partial charge >= 0.3 is 0 Å². The molecular weight excluding hydrogens is 240 g/mol. The molecule has 0 fully saturated rings. The summed E-state index contributed by atoms with van der Waals surface area (Å²) < 4.78 is 0. The summed E-state index contributed by atoms with van der Waals surface area (Å²) in [5.74, 6) is -1.09. The van der Waals surface area contributed by atoms with Crippen LogP contribution in [0, 0.1) is 0 Å². The van der Waals surface area contributed by atoms with Crippen molar-refractivity contribution in [2.24, 2.45) is 5.73 Å². The molecule has 0 aromatic carbocycles. The Morgan fingerprint density at radius 3 is 2.94 bits per heavy atom. The fraction of sp³-hybridized carbons (Fsp3) is 0.455. The highest BCUT2D eigenvalue weighted by Crippen LogP contribution is 2.30. The van der Waals surface area contributed by atoms with Crippen molar-refractivity contribution in [2.45, 2.75) is 25.4 Å². The number of thiophene rings is 1. The van der Waals surface area contributed by atoms with Crippen molar-refractivity contribution in [2.75, 3.05) is 6.54 Å². The van der Waals surface area contributed by atoms with Crippen LogP contribution in [0.1, 0.15) is 26.5 Å². The Kier molecular flexibility index (Phi) is 3.44. The molecule has 0 spiro atoms. The molecule has 2 rings (SSSR count). The van der Waals surface area contributed by atoms with Gasteiger partial charge in [0.2, 0.25) is 5.91 Å². The topological polar surface area (TPSA) is 92.4 Å². The molecule has 0 aliphatic heterocycles. The highest BCUT2D eigenvalue weighted by atomic mass is 32.1. The normalized spacial score (nSPS) is 15.4. The van der Waals surface area contributed by atoms with Crippen LogP contribution in [0.3, 0.4) is 0 Å². The van der Waals surface area contributed by atoms with Gasteiger partial charge in [0, 0.05) is 4.88 Å². The first-order valence-electron chi connectivity index (χ1n) is 5.45. The zero-order valence-electron chi connectivity index (χ0n) is 9.23. The lowest BCUT2D eigenvalue weighted by Crippen LogP contribution is -2.39. The molecule has 1 aliphatic carbocycles. The number of primary amides is 1. The summed E-state index contributed by atoms with van der Waals surface area (Å²) in [7, 11) is 0. The van der Waals surface area contributed by atoms with Crippen LogP contribution in [0.25, 0.3) is 0 Å². The van der Waals surface area contributed by atoms with Gasteiger partial charge in [-0.1, -0.05) is 0 Å². The van der Waals surface area contributed by atoms with Crippen LogP contribution in [0.2, 0.25) is 0 Å². The number of aryl methyl sites for hydroxylation is 2. The highest BCUT2D eigenvalue weighted by Gasteiger charge is 2.19. The fourth-order valence-corrected chi connectivity index (χ4v) is 2.99. The Morgan fingerprint density at radius 2 is 2.29 bits per heavy atom. The van der Waals surface area contributed by atoms with Crippen LogP contribution in [-0.2, 0) is 17.6 Å². The van der Waals surface area contributed by atoms with Gasteiger partial charge in [-0.25, -0.2) is 0 Å². The van der Waals surface area contributed by atoms with E-state index in [2.05, 4.69) is 5.32 Å². The molecule has 1 heterocycles. The van der Waals surface area contributed by atoms with E-state index in [1.165, 1.54) is 21.8 Å². The highest BCUT2D eigenvalue weighted by molar-refractivity contribution is 7.14. The lowest BCUT2D eigenvalue weighted by molar-refractivity contribution is -0.125. The van der Waals surface area contributed by atoms with E-state index in [0.717, 1.165) is 19.3 Å². The summed E-state index contributed by atoms with van der Waals surface area (Å²) in [6.07, 6.45) is 1.90. The van der Waals surface area contributed by atoms with E-state index in [9.17, 15) is 9.59 Å². The van der Waals surface area contributed by atoms with E-state index in [1.54, 1.807) is 0 Å². The third-order valence-corrected chi connectivity index (χ3v) is 3.99. The molecule has 0 saturated carbocycles. The second kappa shape index (κ2) is 4.85. The Labute approximate surface area is 103 Å². The number of nitrogens with one attached hydrogen (secondary N) is 1. The van der Waals surface area contributed by atoms with Gasteiger partial charge in [-0.3, -0.25) is 9.59 Å². The van der Waals surface area contributed by atoms with Gasteiger partial charge in [0.15, 0.2) is 0 Å². The average Bonchev–Trinajstić information content (AvgIpc) is 2.84. The van der Waals surface area contributed by atoms with E-state index in [4.69, 9.17) is 10.8 Å². The first-order valence-corrected chi connectivity index (χ1v) is 6.26. The molecule has 1 unspecified atom stereocenters. The quantitative estimate of drug-likeness (QED) is 0.695. The van der Waals surface area contributed by atoms with Gasteiger partial charge in [-0.05, 0) is 30.9 Å². The molecule has 1 aliphatic rings. The van der Waals surface area contributed by atoms with Gasteiger partial charge in [0.25, 0.3) is 5.91 Å². The van der Waals surface area contributed by atoms with Crippen LogP contribution in [0.5, 0.6) is 0 Å². The lowest BCUT2D eigenvalue weighted by Gasteiger charge is -2.07. The molecule has 0 bridgehead atoms. The smallest absolute Gasteiger partial charge is 0.261 e. The number of carbonyl (C=O) groups is 2. The first kappa shape index (κ1) is 12.1. The average molecular weight is 254 g/mol. The maximum atomic E-state index is 11.7.